The van der Waals surface area contributed by atoms with Gasteiger partial charge in [0.15, 0.2) is 11.5 Å². The van der Waals surface area contributed by atoms with E-state index >= 15 is 0 Å². The van der Waals surface area contributed by atoms with Crippen molar-refractivity contribution in [3.8, 4) is 22.6 Å². The minimum absolute atomic E-state index is 0.00121. The lowest BCUT2D eigenvalue weighted by Gasteiger charge is -2.11. The van der Waals surface area contributed by atoms with Crippen molar-refractivity contribution < 1.29 is 32.2 Å². The van der Waals surface area contributed by atoms with Gasteiger partial charge in [-0.2, -0.15) is 18.3 Å². The number of alkyl halides is 3. The zero-order chi connectivity index (χ0) is 29.9. The van der Waals surface area contributed by atoms with Crippen molar-refractivity contribution in [2.24, 2.45) is 5.10 Å². The maximum Gasteiger partial charge on any atom is 0.416 e. The molecule has 0 saturated heterocycles. The number of rotatable bonds is 7. The highest BCUT2D eigenvalue weighted by Gasteiger charge is 2.31. The lowest BCUT2D eigenvalue weighted by atomic mass is 10.0. The summed E-state index contributed by atoms with van der Waals surface area (Å²) in [5.41, 5.74) is 4.60. The van der Waals surface area contributed by atoms with E-state index < -0.39 is 23.6 Å². The maximum absolute atomic E-state index is 13.2. The number of amides is 1. The Morgan fingerprint density at radius 3 is 2.45 bits per heavy atom. The summed E-state index contributed by atoms with van der Waals surface area (Å²) in [7, 11) is 1.35. The third-order valence-corrected chi connectivity index (χ3v) is 6.92. The molecule has 0 spiro atoms. The second-order valence-electron chi connectivity index (χ2n) is 9.01. The highest BCUT2D eigenvalue weighted by Crippen LogP contribution is 2.34. The summed E-state index contributed by atoms with van der Waals surface area (Å²) >= 11 is 2.22. The lowest BCUT2D eigenvalue weighted by Crippen LogP contribution is -2.18. The average Bonchev–Trinajstić information content (AvgIpc) is 3.36. The molecule has 42 heavy (non-hydrogen) atoms. The number of aromatic nitrogens is 1. The number of hydrazone groups is 1. The van der Waals surface area contributed by atoms with Gasteiger partial charge < -0.3 is 14.5 Å². The number of aromatic amines is 1. The van der Waals surface area contributed by atoms with Gasteiger partial charge in [0.05, 0.1) is 24.5 Å². The second-order valence-corrected chi connectivity index (χ2v) is 10.3. The molecule has 0 fully saturated rings. The number of benzene rings is 4. The number of hydrogen-bond acceptors (Lipinski definition) is 5. The van der Waals surface area contributed by atoms with E-state index in [0.717, 1.165) is 43.8 Å². The molecule has 5 aromatic rings. The van der Waals surface area contributed by atoms with Crippen molar-refractivity contribution in [3.05, 3.63) is 117 Å². The van der Waals surface area contributed by atoms with Crippen LogP contribution in [-0.2, 0) is 6.18 Å². The summed E-state index contributed by atoms with van der Waals surface area (Å²) in [4.78, 5) is 28.9. The molecule has 0 aliphatic rings. The van der Waals surface area contributed by atoms with Gasteiger partial charge in [0.2, 0.25) is 0 Å². The van der Waals surface area contributed by atoms with E-state index in [1.807, 2.05) is 48.5 Å². The smallest absolute Gasteiger partial charge is 0.416 e. The Morgan fingerprint density at radius 2 is 1.71 bits per heavy atom. The van der Waals surface area contributed by atoms with Gasteiger partial charge in [-0.1, -0.05) is 36.4 Å². The molecule has 0 unspecified atom stereocenters. The average molecular weight is 683 g/mol. The van der Waals surface area contributed by atoms with Crippen molar-refractivity contribution in [2.75, 3.05) is 7.11 Å². The van der Waals surface area contributed by atoms with Gasteiger partial charge in [0, 0.05) is 20.0 Å². The number of H-pyrrole nitrogens is 1. The van der Waals surface area contributed by atoms with E-state index in [-0.39, 0.29) is 17.1 Å². The van der Waals surface area contributed by atoms with E-state index in [1.165, 1.54) is 31.5 Å². The number of carbonyl (C=O) groups is 2. The first kappa shape index (κ1) is 28.9. The number of nitrogens with one attached hydrogen (secondary N) is 2. The Bertz CT molecular complexity index is 1820. The molecule has 0 aliphatic heterocycles. The van der Waals surface area contributed by atoms with Crippen LogP contribution >= 0.6 is 22.6 Å². The van der Waals surface area contributed by atoms with Crippen LogP contribution in [0.5, 0.6) is 11.5 Å². The molecule has 5 rings (SSSR count). The van der Waals surface area contributed by atoms with Crippen molar-refractivity contribution in [3.63, 3.8) is 0 Å². The molecular formula is C31H21F3IN3O4. The number of fused-ring (bicyclic) bond motifs is 1. The molecule has 0 aliphatic carbocycles. The SMILES string of the molecule is COc1cc(C=NNC(=O)c2[nH]c3ccc(I)cc3c2-c2ccccc2)ccc1OC(=O)c1cccc(C(F)(F)F)c1. The zero-order valence-electron chi connectivity index (χ0n) is 21.8. The van der Waals surface area contributed by atoms with E-state index in [0.29, 0.717) is 11.3 Å². The Labute approximate surface area is 251 Å². The fraction of sp³-hybridized carbons (Fsp3) is 0.0645. The third-order valence-electron chi connectivity index (χ3n) is 6.25. The van der Waals surface area contributed by atoms with Gasteiger partial charge in [0.25, 0.3) is 5.91 Å². The van der Waals surface area contributed by atoms with Crippen LogP contribution in [0.15, 0.2) is 96.1 Å². The van der Waals surface area contributed by atoms with Crippen LogP contribution in [0.4, 0.5) is 13.2 Å². The molecule has 2 N–H and O–H groups in total. The standard InChI is InChI=1S/C31H21F3IN3O4/c1-41-26-14-18(10-13-25(26)42-30(40)20-8-5-9-21(15-20)31(32,33)34)17-36-38-29(39)28-27(19-6-3-2-4-7-19)23-16-22(35)11-12-24(23)37-28/h2-17,37H,1H3,(H,38,39). The molecule has 0 bridgehead atoms. The van der Waals surface area contributed by atoms with Gasteiger partial charge in [-0.15, -0.1) is 0 Å². The summed E-state index contributed by atoms with van der Waals surface area (Å²) in [5.74, 6) is -1.28. The minimum atomic E-state index is -4.60. The van der Waals surface area contributed by atoms with Crippen LogP contribution in [0.1, 0.15) is 32.0 Å². The molecule has 1 aromatic heterocycles. The van der Waals surface area contributed by atoms with Crippen LogP contribution in [-0.4, -0.2) is 30.2 Å². The van der Waals surface area contributed by atoms with Gasteiger partial charge in [0.1, 0.15) is 5.69 Å². The normalized spacial score (nSPS) is 11.5. The highest BCUT2D eigenvalue weighted by atomic mass is 127. The second kappa shape index (κ2) is 12.1. The summed E-state index contributed by atoms with van der Waals surface area (Å²) in [6, 6.07) is 23.8. The Balaban J connectivity index is 1.33. The molecule has 212 valence electrons. The lowest BCUT2D eigenvalue weighted by molar-refractivity contribution is -0.137. The summed E-state index contributed by atoms with van der Waals surface area (Å²) in [6.45, 7) is 0. The van der Waals surface area contributed by atoms with Crippen LogP contribution < -0.4 is 14.9 Å². The van der Waals surface area contributed by atoms with Crippen molar-refractivity contribution in [1.29, 1.82) is 0 Å². The largest absolute Gasteiger partial charge is 0.493 e. The number of esters is 1. The van der Waals surface area contributed by atoms with E-state index in [2.05, 4.69) is 38.1 Å². The Morgan fingerprint density at radius 1 is 0.929 bits per heavy atom. The molecule has 0 atom stereocenters. The topological polar surface area (TPSA) is 92.8 Å². The summed E-state index contributed by atoms with van der Waals surface area (Å²) in [6.07, 6.45) is -3.22. The fourth-order valence-electron chi connectivity index (χ4n) is 4.29. The molecule has 1 amide bonds. The monoisotopic (exact) mass is 683 g/mol. The van der Waals surface area contributed by atoms with Crippen molar-refractivity contribution in [2.45, 2.75) is 6.18 Å². The first-order valence-electron chi connectivity index (χ1n) is 12.4. The molecule has 7 nitrogen and oxygen atoms in total. The minimum Gasteiger partial charge on any atom is -0.493 e. The summed E-state index contributed by atoms with van der Waals surface area (Å²) < 4.78 is 50.7. The van der Waals surface area contributed by atoms with Gasteiger partial charge in [-0.05, 0) is 88.3 Å². The molecular weight excluding hydrogens is 662 g/mol. The predicted octanol–water partition coefficient (Wildman–Crippen LogP) is 7.45. The van der Waals surface area contributed by atoms with Crippen molar-refractivity contribution >= 4 is 51.6 Å². The number of nitrogens with zero attached hydrogens (tertiary/aromatic N) is 1. The maximum atomic E-state index is 13.2. The number of methoxy groups -OCH3 is 1. The van der Waals surface area contributed by atoms with Gasteiger partial charge >= 0.3 is 12.1 Å². The van der Waals surface area contributed by atoms with Crippen LogP contribution in [0, 0.1) is 3.57 Å². The Hall–Kier alpha value is -4.65. The quantitative estimate of drug-likeness (QED) is 0.0613. The van der Waals surface area contributed by atoms with E-state index in [1.54, 1.807) is 6.07 Å². The van der Waals surface area contributed by atoms with Crippen LogP contribution in [0.25, 0.3) is 22.0 Å². The number of hydrogen-bond donors (Lipinski definition) is 2. The molecule has 0 saturated carbocycles. The molecule has 11 heteroatoms. The van der Waals surface area contributed by atoms with Gasteiger partial charge in [-0.25, -0.2) is 10.2 Å². The van der Waals surface area contributed by atoms with Crippen LogP contribution in [0.3, 0.4) is 0 Å². The first-order valence-corrected chi connectivity index (χ1v) is 13.5. The van der Waals surface area contributed by atoms with E-state index in [4.69, 9.17) is 9.47 Å². The van der Waals surface area contributed by atoms with Gasteiger partial charge in [-0.3, -0.25) is 4.79 Å². The number of carbonyl (C=O) groups excluding carboxylic acids is 2. The molecule has 0 radical (unpaired) electrons. The fourth-order valence-corrected chi connectivity index (χ4v) is 4.78. The molecule has 4 aromatic carbocycles. The number of ether oxygens (including phenoxy) is 2. The van der Waals surface area contributed by atoms with E-state index in [9.17, 15) is 22.8 Å². The zero-order valence-corrected chi connectivity index (χ0v) is 24.0. The summed E-state index contributed by atoms with van der Waals surface area (Å²) in [5, 5.41) is 4.98. The van der Waals surface area contributed by atoms with Crippen LogP contribution in [0.2, 0.25) is 0 Å². The highest BCUT2D eigenvalue weighted by molar-refractivity contribution is 14.1. The molecule has 1 heterocycles. The third kappa shape index (κ3) is 6.30. The Kier molecular flexibility index (Phi) is 8.29. The number of halogens is 4. The first-order chi connectivity index (χ1) is 20.1. The van der Waals surface area contributed by atoms with Crippen molar-refractivity contribution in [1.82, 2.24) is 10.4 Å². The predicted molar refractivity (Wildman–Crippen MR) is 161 cm³/mol.